The predicted molar refractivity (Wildman–Crippen MR) is 82.7 cm³/mol. The van der Waals surface area contributed by atoms with Crippen LogP contribution in [0.2, 0.25) is 0 Å². The summed E-state index contributed by atoms with van der Waals surface area (Å²) >= 11 is 0. The quantitative estimate of drug-likeness (QED) is 0.791. The van der Waals surface area contributed by atoms with Gasteiger partial charge < -0.3 is 5.11 Å². The number of benzene rings is 2. The molecule has 1 heterocycles. The lowest BCUT2D eigenvalue weighted by atomic mass is 9.97. The Kier molecular flexibility index (Phi) is 3.40. The Bertz CT molecular complexity index is 819. The van der Waals surface area contributed by atoms with Crippen LogP contribution in [0.3, 0.4) is 0 Å². The molecule has 3 rings (SSSR count). The lowest BCUT2D eigenvalue weighted by Gasteiger charge is -2.09. The number of para-hydroxylation sites is 1. The number of carboxylic acid groups (broad SMARTS) is 1. The summed E-state index contributed by atoms with van der Waals surface area (Å²) < 4.78 is 0. The van der Waals surface area contributed by atoms with Gasteiger partial charge in [-0.1, -0.05) is 24.3 Å². The summed E-state index contributed by atoms with van der Waals surface area (Å²) in [6, 6.07) is 15.4. The molecule has 0 radical (unpaired) electrons. The summed E-state index contributed by atoms with van der Waals surface area (Å²) in [5, 5.41) is 10.2. The topological polar surface area (TPSA) is 50.2 Å². The molecule has 21 heavy (non-hydrogen) atoms. The van der Waals surface area contributed by atoms with Gasteiger partial charge in [-0.25, -0.2) is 4.79 Å². The molecular formula is C18H15NO2. The standard InChI is InChI=1S/C18H15NO2/c1-12-10-15(18(20)21)7-6-13(12)11-14-8-9-19-17-5-3-2-4-16(14)17/h2-10H,11H2,1H3,(H,20,21). The highest BCUT2D eigenvalue weighted by atomic mass is 16.4. The first-order valence-corrected chi connectivity index (χ1v) is 6.80. The van der Waals surface area contributed by atoms with Gasteiger partial charge in [-0.15, -0.1) is 0 Å². The van der Waals surface area contributed by atoms with E-state index in [0.717, 1.165) is 28.5 Å². The molecule has 3 aromatic rings. The molecule has 0 spiro atoms. The number of carbonyl (C=O) groups is 1. The summed E-state index contributed by atoms with van der Waals surface area (Å²) in [5.74, 6) is -0.890. The number of carboxylic acids is 1. The third kappa shape index (κ3) is 2.63. The maximum Gasteiger partial charge on any atom is 0.335 e. The first kappa shape index (κ1) is 13.3. The number of aromatic carboxylic acids is 1. The van der Waals surface area contributed by atoms with Crippen molar-refractivity contribution in [3.05, 3.63) is 77.0 Å². The number of hydrogen-bond acceptors (Lipinski definition) is 2. The van der Waals surface area contributed by atoms with E-state index in [4.69, 9.17) is 5.11 Å². The molecule has 104 valence electrons. The smallest absolute Gasteiger partial charge is 0.335 e. The maximum atomic E-state index is 11.0. The van der Waals surface area contributed by atoms with Crippen molar-refractivity contribution in [1.29, 1.82) is 0 Å². The van der Waals surface area contributed by atoms with E-state index in [1.54, 1.807) is 12.1 Å². The highest BCUT2D eigenvalue weighted by molar-refractivity contribution is 5.88. The van der Waals surface area contributed by atoms with Crippen LogP contribution in [-0.2, 0) is 6.42 Å². The molecule has 0 aliphatic carbocycles. The van der Waals surface area contributed by atoms with Crippen molar-refractivity contribution < 1.29 is 9.90 Å². The van der Waals surface area contributed by atoms with Gasteiger partial charge in [-0.05, 0) is 54.3 Å². The van der Waals surface area contributed by atoms with Crippen LogP contribution >= 0.6 is 0 Å². The number of hydrogen-bond donors (Lipinski definition) is 1. The molecule has 0 amide bonds. The van der Waals surface area contributed by atoms with Crippen molar-refractivity contribution in [3.63, 3.8) is 0 Å². The Morgan fingerprint density at radius 1 is 1.10 bits per heavy atom. The molecule has 0 atom stereocenters. The first-order chi connectivity index (χ1) is 10.1. The van der Waals surface area contributed by atoms with Crippen LogP contribution in [-0.4, -0.2) is 16.1 Å². The largest absolute Gasteiger partial charge is 0.478 e. The molecule has 0 unspecified atom stereocenters. The average Bonchev–Trinajstić information content (AvgIpc) is 2.49. The lowest BCUT2D eigenvalue weighted by molar-refractivity contribution is 0.0697. The van der Waals surface area contributed by atoms with Crippen molar-refractivity contribution >= 4 is 16.9 Å². The Hall–Kier alpha value is -2.68. The fraction of sp³-hybridized carbons (Fsp3) is 0.111. The van der Waals surface area contributed by atoms with Crippen LogP contribution in [0.25, 0.3) is 10.9 Å². The maximum absolute atomic E-state index is 11.0. The van der Waals surface area contributed by atoms with Gasteiger partial charge in [0.25, 0.3) is 0 Å². The van der Waals surface area contributed by atoms with Crippen molar-refractivity contribution in [1.82, 2.24) is 4.98 Å². The van der Waals surface area contributed by atoms with Gasteiger partial charge in [-0.3, -0.25) is 4.98 Å². The summed E-state index contributed by atoms with van der Waals surface area (Å²) in [5.41, 5.74) is 4.64. The third-order valence-electron chi connectivity index (χ3n) is 3.71. The van der Waals surface area contributed by atoms with Gasteiger partial charge in [0.1, 0.15) is 0 Å². The number of nitrogens with zero attached hydrogens (tertiary/aromatic N) is 1. The Morgan fingerprint density at radius 3 is 2.67 bits per heavy atom. The number of fused-ring (bicyclic) bond motifs is 1. The van der Waals surface area contributed by atoms with E-state index in [2.05, 4.69) is 11.1 Å². The fourth-order valence-electron chi connectivity index (χ4n) is 2.54. The van der Waals surface area contributed by atoms with E-state index in [0.29, 0.717) is 5.56 Å². The zero-order valence-corrected chi connectivity index (χ0v) is 11.7. The molecule has 0 bridgehead atoms. The average molecular weight is 277 g/mol. The van der Waals surface area contributed by atoms with Crippen molar-refractivity contribution in [2.45, 2.75) is 13.3 Å². The van der Waals surface area contributed by atoms with E-state index in [1.807, 2.05) is 43.5 Å². The van der Waals surface area contributed by atoms with E-state index in [1.165, 1.54) is 5.56 Å². The molecule has 0 saturated heterocycles. The fourth-order valence-corrected chi connectivity index (χ4v) is 2.54. The van der Waals surface area contributed by atoms with Crippen LogP contribution in [0.5, 0.6) is 0 Å². The van der Waals surface area contributed by atoms with Crippen molar-refractivity contribution in [3.8, 4) is 0 Å². The zero-order valence-electron chi connectivity index (χ0n) is 11.7. The normalized spacial score (nSPS) is 10.7. The molecule has 3 heteroatoms. The Balaban J connectivity index is 2.01. The van der Waals surface area contributed by atoms with Gasteiger partial charge in [0.05, 0.1) is 11.1 Å². The molecule has 0 aliphatic rings. The Labute approximate surface area is 122 Å². The molecule has 1 aromatic heterocycles. The first-order valence-electron chi connectivity index (χ1n) is 6.80. The molecule has 1 N–H and O–H groups in total. The zero-order chi connectivity index (χ0) is 14.8. The van der Waals surface area contributed by atoms with Crippen LogP contribution in [0.1, 0.15) is 27.0 Å². The van der Waals surface area contributed by atoms with Gasteiger partial charge in [0.15, 0.2) is 0 Å². The van der Waals surface area contributed by atoms with Crippen LogP contribution in [0, 0.1) is 6.92 Å². The summed E-state index contributed by atoms with van der Waals surface area (Å²) in [6.07, 6.45) is 2.59. The number of pyridine rings is 1. The minimum absolute atomic E-state index is 0.329. The van der Waals surface area contributed by atoms with E-state index < -0.39 is 5.97 Å². The number of aromatic nitrogens is 1. The lowest BCUT2D eigenvalue weighted by Crippen LogP contribution is -2.00. The molecule has 0 aliphatic heterocycles. The highest BCUT2D eigenvalue weighted by Crippen LogP contribution is 2.21. The Morgan fingerprint density at radius 2 is 1.90 bits per heavy atom. The minimum Gasteiger partial charge on any atom is -0.478 e. The number of rotatable bonds is 3. The second-order valence-corrected chi connectivity index (χ2v) is 5.11. The predicted octanol–water partition coefficient (Wildman–Crippen LogP) is 3.83. The molecule has 3 nitrogen and oxygen atoms in total. The van der Waals surface area contributed by atoms with Crippen molar-refractivity contribution in [2.75, 3.05) is 0 Å². The monoisotopic (exact) mass is 277 g/mol. The SMILES string of the molecule is Cc1cc(C(=O)O)ccc1Cc1ccnc2ccccc12. The molecule has 0 saturated carbocycles. The number of aryl methyl sites for hydroxylation is 1. The van der Waals surface area contributed by atoms with Crippen LogP contribution in [0.4, 0.5) is 0 Å². The van der Waals surface area contributed by atoms with E-state index in [9.17, 15) is 4.79 Å². The minimum atomic E-state index is -0.890. The van der Waals surface area contributed by atoms with Gasteiger partial charge in [0.2, 0.25) is 0 Å². The van der Waals surface area contributed by atoms with Crippen LogP contribution < -0.4 is 0 Å². The van der Waals surface area contributed by atoms with Gasteiger partial charge >= 0.3 is 5.97 Å². The molecular weight excluding hydrogens is 262 g/mol. The molecule has 2 aromatic carbocycles. The second-order valence-electron chi connectivity index (χ2n) is 5.11. The summed E-state index contributed by atoms with van der Waals surface area (Å²) in [7, 11) is 0. The van der Waals surface area contributed by atoms with E-state index >= 15 is 0 Å². The highest BCUT2D eigenvalue weighted by Gasteiger charge is 2.08. The second kappa shape index (κ2) is 5.37. The van der Waals surface area contributed by atoms with E-state index in [-0.39, 0.29) is 0 Å². The van der Waals surface area contributed by atoms with Gasteiger partial charge in [0, 0.05) is 11.6 Å². The third-order valence-corrected chi connectivity index (χ3v) is 3.71. The van der Waals surface area contributed by atoms with Crippen molar-refractivity contribution in [2.24, 2.45) is 0 Å². The molecule has 0 fully saturated rings. The summed E-state index contributed by atoms with van der Waals surface area (Å²) in [4.78, 5) is 15.4. The summed E-state index contributed by atoms with van der Waals surface area (Å²) in [6.45, 7) is 1.95. The van der Waals surface area contributed by atoms with Gasteiger partial charge in [-0.2, -0.15) is 0 Å². The van der Waals surface area contributed by atoms with Crippen LogP contribution in [0.15, 0.2) is 54.7 Å².